The molecule has 1 amide bonds. The maximum absolute atomic E-state index is 11.2. The van der Waals surface area contributed by atoms with Gasteiger partial charge < -0.3 is 10.4 Å². The lowest BCUT2D eigenvalue weighted by Gasteiger charge is -2.21. The average molecular weight is 202 g/mol. The SMILES string of the molecule is CC(C)NC(=O)CNC(C)(C)C(=O)O. The molecule has 0 aliphatic carbocycles. The van der Waals surface area contributed by atoms with Crippen LogP contribution in [0.1, 0.15) is 27.7 Å². The molecule has 14 heavy (non-hydrogen) atoms. The van der Waals surface area contributed by atoms with Crippen molar-refractivity contribution in [1.29, 1.82) is 0 Å². The van der Waals surface area contributed by atoms with Crippen LogP contribution in [0.3, 0.4) is 0 Å². The van der Waals surface area contributed by atoms with Crippen LogP contribution >= 0.6 is 0 Å². The first kappa shape index (κ1) is 12.9. The van der Waals surface area contributed by atoms with Crippen molar-refractivity contribution in [3.05, 3.63) is 0 Å². The number of carbonyl (C=O) groups excluding carboxylic acids is 1. The van der Waals surface area contributed by atoms with Gasteiger partial charge in [0.15, 0.2) is 0 Å². The summed E-state index contributed by atoms with van der Waals surface area (Å²) in [4.78, 5) is 21.8. The highest BCUT2D eigenvalue weighted by Crippen LogP contribution is 2.00. The number of hydrogen-bond acceptors (Lipinski definition) is 3. The number of hydrogen-bond donors (Lipinski definition) is 3. The predicted molar refractivity (Wildman–Crippen MR) is 53.0 cm³/mol. The second-order valence-corrected chi connectivity index (χ2v) is 4.01. The summed E-state index contributed by atoms with van der Waals surface area (Å²) in [6.07, 6.45) is 0. The van der Waals surface area contributed by atoms with Gasteiger partial charge in [0.1, 0.15) is 5.54 Å². The number of carbonyl (C=O) groups is 2. The van der Waals surface area contributed by atoms with Crippen LogP contribution in [0.15, 0.2) is 0 Å². The third-order valence-corrected chi connectivity index (χ3v) is 1.68. The maximum atomic E-state index is 11.2. The monoisotopic (exact) mass is 202 g/mol. The van der Waals surface area contributed by atoms with E-state index in [0.717, 1.165) is 0 Å². The van der Waals surface area contributed by atoms with Crippen molar-refractivity contribution in [3.63, 3.8) is 0 Å². The first-order chi connectivity index (χ1) is 6.25. The summed E-state index contributed by atoms with van der Waals surface area (Å²) in [5.41, 5.74) is -1.08. The van der Waals surface area contributed by atoms with Crippen molar-refractivity contribution in [2.24, 2.45) is 0 Å². The average Bonchev–Trinajstić information content (AvgIpc) is 1.99. The van der Waals surface area contributed by atoms with E-state index in [1.54, 1.807) is 0 Å². The number of nitrogens with one attached hydrogen (secondary N) is 2. The number of amides is 1. The highest BCUT2D eigenvalue weighted by Gasteiger charge is 2.26. The molecule has 82 valence electrons. The molecule has 0 fully saturated rings. The van der Waals surface area contributed by atoms with Crippen LogP contribution in [0.4, 0.5) is 0 Å². The first-order valence-electron chi connectivity index (χ1n) is 4.53. The van der Waals surface area contributed by atoms with Crippen molar-refractivity contribution in [1.82, 2.24) is 10.6 Å². The molecule has 0 aliphatic heterocycles. The Morgan fingerprint density at radius 3 is 2.21 bits per heavy atom. The Hall–Kier alpha value is -1.10. The van der Waals surface area contributed by atoms with Gasteiger partial charge in [-0.2, -0.15) is 0 Å². The molecule has 0 rings (SSSR count). The van der Waals surface area contributed by atoms with Crippen molar-refractivity contribution in [3.8, 4) is 0 Å². The quantitative estimate of drug-likeness (QED) is 0.584. The van der Waals surface area contributed by atoms with Gasteiger partial charge in [-0.05, 0) is 27.7 Å². The van der Waals surface area contributed by atoms with Gasteiger partial charge in [0.2, 0.25) is 5.91 Å². The van der Waals surface area contributed by atoms with Crippen molar-refractivity contribution in [2.45, 2.75) is 39.3 Å². The number of aliphatic carboxylic acids is 1. The molecular weight excluding hydrogens is 184 g/mol. The standard InChI is InChI=1S/C9H18N2O3/c1-6(2)11-7(12)5-10-9(3,4)8(13)14/h6,10H,5H2,1-4H3,(H,11,12)(H,13,14). The third kappa shape index (κ3) is 4.81. The van der Waals surface area contributed by atoms with E-state index in [1.165, 1.54) is 13.8 Å². The van der Waals surface area contributed by atoms with Crippen LogP contribution in [-0.4, -0.2) is 35.1 Å². The number of rotatable bonds is 5. The van der Waals surface area contributed by atoms with Crippen LogP contribution in [0.25, 0.3) is 0 Å². The molecule has 5 heteroatoms. The molecule has 0 spiro atoms. The highest BCUT2D eigenvalue weighted by atomic mass is 16.4. The molecule has 0 saturated carbocycles. The fourth-order valence-corrected chi connectivity index (χ4v) is 0.750. The molecule has 0 saturated heterocycles. The fourth-order valence-electron chi connectivity index (χ4n) is 0.750. The van der Waals surface area contributed by atoms with Gasteiger partial charge in [-0.15, -0.1) is 0 Å². The van der Waals surface area contributed by atoms with E-state index < -0.39 is 11.5 Å². The minimum Gasteiger partial charge on any atom is -0.480 e. The van der Waals surface area contributed by atoms with Gasteiger partial charge in [-0.3, -0.25) is 14.9 Å². The van der Waals surface area contributed by atoms with E-state index in [4.69, 9.17) is 5.11 Å². The molecule has 0 aromatic rings. The second kappa shape index (κ2) is 4.95. The maximum Gasteiger partial charge on any atom is 0.323 e. The molecule has 0 aromatic carbocycles. The molecule has 0 radical (unpaired) electrons. The van der Waals surface area contributed by atoms with E-state index in [2.05, 4.69) is 10.6 Å². The summed E-state index contributed by atoms with van der Waals surface area (Å²) in [5.74, 6) is -1.18. The lowest BCUT2D eigenvalue weighted by Crippen LogP contribution is -2.51. The highest BCUT2D eigenvalue weighted by molar-refractivity contribution is 5.81. The predicted octanol–water partition coefficient (Wildman–Crippen LogP) is -0.0362. The summed E-state index contributed by atoms with van der Waals surface area (Å²) in [7, 11) is 0. The molecule has 0 heterocycles. The Kier molecular flexibility index (Phi) is 4.56. The van der Waals surface area contributed by atoms with Gasteiger partial charge in [0.25, 0.3) is 0 Å². The van der Waals surface area contributed by atoms with Crippen molar-refractivity contribution in [2.75, 3.05) is 6.54 Å². The molecule has 5 nitrogen and oxygen atoms in total. The van der Waals surface area contributed by atoms with Crippen LogP contribution in [0, 0.1) is 0 Å². The molecule has 3 N–H and O–H groups in total. The largest absolute Gasteiger partial charge is 0.480 e. The molecule has 0 aromatic heterocycles. The van der Waals surface area contributed by atoms with Crippen LogP contribution in [0.2, 0.25) is 0 Å². The van der Waals surface area contributed by atoms with E-state index in [-0.39, 0.29) is 18.5 Å². The Morgan fingerprint density at radius 1 is 1.36 bits per heavy atom. The Balaban J connectivity index is 3.94. The topological polar surface area (TPSA) is 78.4 Å². The summed E-state index contributed by atoms with van der Waals surface area (Å²) in [6.45, 7) is 6.73. The minimum absolute atomic E-state index is 0.0114. The number of carboxylic acid groups (broad SMARTS) is 1. The number of carboxylic acids is 1. The van der Waals surface area contributed by atoms with Gasteiger partial charge in [0, 0.05) is 6.04 Å². The summed E-state index contributed by atoms with van der Waals surface area (Å²) in [6, 6.07) is 0.0669. The van der Waals surface area contributed by atoms with E-state index >= 15 is 0 Å². The van der Waals surface area contributed by atoms with Gasteiger partial charge in [-0.25, -0.2) is 0 Å². The summed E-state index contributed by atoms with van der Waals surface area (Å²) >= 11 is 0. The van der Waals surface area contributed by atoms with Gasteiger partial charge in [0.05, 0.1) is 6.54 Å². The molecule has 0 bridgehead atoms. The normalized spacial score (nSPS) is 11.5. The molecule has 0 unspecified atom stereocenters. The Bertz CT molecular complexity index is 224. The summed E-state index contributed by atoms with van der Waals surface area (Å²) in [5, 5.41) is 14.1. The van der Waals surface area contributed by atoms with E-state index in [0.29, 0.717) is 0 Å². The van der Waals surface area contributed by atoms with Crippen LogP contribution in [-0.2, 0) is 9.59 Å². The van der Waals surface area contributed by atoms with Gasteiger partial charge in [-0.1, -0.05) is 0 Å². The smallest absolute Gasteiger partial charge is 0.323 e. The van der Waals surface area contributed by atoms with Crippen LogP contribution in [0.5, 0.6) is 0 Å². The third-order valence-electron chi connectivity index (χ3n) is 1.68. The Morgan fingerprint density at radius 2 is 1.86 bits per heavy atom. The first-order valence-corrected chi connectivity index (χ1v) is 4.53. The molecule has 0 atom stereocenters. The second-order valence-electron chi connectivity index (χ2n) is 4.01. The van der Waals surface area contributed by atoms with E-state index in [9.17, 15) is 9.59 Å². The van der Waals surface area contributed by atoms with Crippen molar-refractivity contribution < 1.29 is 14.7 Å². The molecule has 0 aliphatic rings. The lowest BCUT2D eigenvalue weighted by molar-refractivity contribution is -0.143. The molecular formula is C9H18N2O3. The lowest BCUT2D eigenvalue weighted by atomic mass is 10.1. The Labute approximate surface area is 83.9 Å². The van der Waals surface area contributed by atoms with Crippen LogP contribution < -0.4 is 10.6 Å². The fraction of sp³-hybridized carbons (Fsp3) is 0.778. The van der Waals surface area contributed by atoms with E-state index in [1.807, 2.05) is 13.8 Å². The van der Waals surface area contributed by atoms with Crippen molar-refractivity contribution >= 4 is 11.9 Å². The minimum atomic E-state index is -1.08. The summed E-state index contributed by atoms with van der Waals surface area (Å²) < 4.78 is 0. The zero-order valence-corrected chi connectivity index (χ0v) is 9.05. The zero-order valence-electron chi connectivity index (χ0n) is 9.05. The zero-order chi connectivity index (χ0) is 11.4. The van der Waals surface area contributed by atoms with Gasteiger partial charge >= 0.3 is 5.97 Å².